The first-order valence-electron chi connectivity index (χ1n) is 12.1. The molecule has 8 nitrogen and oxygen atoms in total. The normalized spacial score (nSPS) is 23.0. The molecule has 0 saturated carbocycles. The van der Waals surface area contributed by atoms with Gasteiger partial charge in [-0.25, -0.2) is 8.78 Å². The van der Waals surface area contributed by atoms with Gasteiger partial charge in [-0.15, -0.1) is 0 Å². The number of halogens is 3. The van der Waals surface area contributed by atoms with Crippen LogP contribution in [-0.2, 0) is 32.2 Å². The lowest BCUT2D eigenvalue weighted by molar-refractivity contribution is -0.139. The molecule has 3 heterocycles. The van der Waals surface area contributed by atoms with E-state index in [1.54, 1.807) is 16.8 Å². The van der Waals surface area contributed by atoms with Gasteiger partial charge in [-0.05, 0) is 18.1 Å². The van der Waals surface area contributed by atoms with Gasteiger partial charge in [0.1, 0.15) is 35.1 Å². The average molecular weight is 546 g/mol. The summed E-state index contributed by atoms with van der Waals surface area (Å²) in [6, 6.07) is 11.4. The maximum absolute atomic E-state index is 14.3. The molecule has 2 aromatic carbocycles. The number of aliphatic hydroxyl groups is 1. The van der Waals surface area contributed by atoms with Gasteiger partial charge in [0, 0.05) is 38.5 Å². The minimum atomic E-state index is -1.56. The summed E-state index contributed by atoms with van der Waals surface area (Å²) < 4.78 is 39.4. The van der Waals surface area contributed by atoms with Crippen LogP contribution in [0.1, 0.15) is 17.5 Å². The van der Waals surface area contributed by atoms with Crippen molar-refractivity contribution in [3.05, 3.63) is 93.5 Å². The highest BCUT2D eigenvalue weighted by Gasteiger charge is 2.51. The number of nitrogens with one attached hydrogen (secondary N) is 1. The zero-order valence-electron chi connectivity index (χ0n) is 20.5. The quantitative estimate of drug-likeness (QED) is 0.543. The maximum Gasteiger partial charge on any atom is 0.274 e. The number of carbonyl (C=O) groups is 2. The van der Waals surface area contributed by atoms with Gasteiger partial charge in [0.25, 0.3) is 11.8 Å². The number of hydrogen-bond donors (Lipinski definition) is 2. The number of fused-ring (bicyclic) bond motifs is 1. The molecule has 0 aromatic heterocycles. The number of amides is 2. The van der Waals surface area contributed by atoms with E-state index in [0.717, 1.165) is 11.6 Å². The van der Waals surface area contributed by atoms with Crippen LogP contribution in [-0.4, -0.2) is 65.2 Å². The van der Waals surface area contributed by atoms with Gasteiger partial charge in [0.15, 0.2) is 5.76 Å². The van der Waals surface area contributed by atoms with Crippen LogP contribution in [0.25, 0.3) is 0 Å². The molecular weight excluding hydrogens is 520 g/mol. The van der Waals surface area contributed by atoms with Crippen molar-refractivity contribution >= 4 is 23.4 Å². The van der Waals surface area contributed by atoms with E-state index in [0.29, 0.717) is 26.2 Å². The predicted molar refractivity (Wildman–Crippen MR) is 133 cm³/mol. The first kappa shape index (κ1) is 26.1. The highest BCUT2D eigenvalue weighted by molar-refractivity contribution is 6.30. The largest absolute Gasteiger partial charge is 0.488 e. The molecule has 2 amide bonds. The molecule has 2 saturated heterocycles. The third-order valence-electron chi connectivity index (χ3n) is 7.18. The summed E-state index contributed by atoms with van der Waals surface area (Å²) in [4.78, 5) is 30.0. The van der Waals surface area contributed by atoms with Crippen molar-refractivity contribution in [2.75, 3.05) is 26.8 Å². The summed E-state index contributed by atoms with van der Waals surface area (Å²) in [5.74, 6) is -3.01. The van der Waals surface area contributed by atoms with Crippen LogP contribution in [0.5, 0.6) is 0 Å². The second kappa shape index (κ2) is 10.4. The molecule has 1 spiro atoms. The van der Waals surface area contributed by atoms with E-state index in [-0.39, 0.29) is 41.7 Å². The van der Waals surface area contributed by atoms with Crippen LogP contribution in [0.15, 0.2) is 65.7 Å². The zero-order chi connectivity index (χ0) is 27.0. The van der Waals surface area contributed by atoms with Crippen LogP contribution in [0.4, 0.5) is 8.78 Å². The van der Waals surface area contributed by atoms with Gasteiger partial charge < -0.3 is 29.7 Å². The molecule has 3 aliphatic heterocycles. The lowest BCUT2D eigenvalue weighted by Gasteiger charge is -2.48. The fraction of sp³-hybridized carbons (Fsp3) is 0.333. The van der Waals surface area contributed by atoms with E-state index in [4.69, 9.17) is 21.1 Å². The Morgan fingerprint density at radius 2 is 2.03 bits per heavy atom. The third-order valence-corrected chi connectivity index (χ3v) is 7.52. The van der Waals surface area contributed by atoms with Gasteiger partial charge >= 0.3 is 0 Å². The summed E-state index contributed by atoms with van der Waals surface area (Å²) in [6.45, 7) is 0.915. The van der Waals surface area contributed by atoms with Crippen molar-refractivity contribution < 1.29 is 33.0 Å². The van der Waals surface area contributed by atoms with Gasteiger partial charge in [-0.2, -0.15) is 0 Å². The third kappa shape index (κ3) is 4.63. The van der Waals surface area contributed by atoms with Crippen molar-refractivity contribution in [1.29, 1.82) is 0 Å². The van der Waals surface area contributed by atoms with Crippen LogP contribution in [0.3, 0.4) is 0 Å². The number of benzene rings is 2. The molecule has 5 rings (SSSR count). The SMILES string of the molecule is CN1C(=O)C2=C(OCc3ccccc3)C(O)C(C(=O)NCc3ccc(F)c(Cl)c3F)=CN2CC12CCOC2. The molecule has 2 fully saturated rings. The Kier molecular flexibility index (Phi) is 7.13. The molecule has 2 atom stereocenters. The second-order valence-corrected chi connectivity index (χ2v) is 9.89. The Morgan fingerprint density at radius 3 is 2.74 bits per heavy atom. The van der Waals surface area contributed by atoms with Crippen molar-refractivity contribution in [2.24, 2.45) is 0 Å². The summed E-state index contributed by atoms with van der Waals surface area (Å²) >= 11 is 5.65. The van der Waals surface area contributed by atoms with Gasteiger partial charge in [0.05, 0.1) is 17.7 Å². The monoisotopic (exact) mass is 545 g/mol. The molecule has 38 heavy (non-hydrogen) atoms. The summed E-state index contributed by atoms with van der Waals surface area (Å²) in [5.41, 5.74) is 0.239. The summed E-state index contributed by atoms with van der Waals surface area (Å²) in [6.07, 6.45) is 0.476. The average Bonchev–Trinajstić information content (AvgIpc) is 3.39. The topological polar surface area (TPSA) is 91.3 Å². The fourth-order valence-corrected chi connectivity index (χ4v) is 5.08. The number of aliphatic hydroxyl groups excluding tert-OH is 1. The Labute approximate surface area is 223 Å². The second-order valence-electron chi connectivity index (χ2n) is 9.51. The zero-order valence-corrected chi connectivity index (χ0v) is 21.3. The molecule has 200 valence electrons. The molecule has 2 unspecified atom stereocenters. The number of likely N-dealkylation sites (N-methyl/N-ethyl adjacent to an activating group) is 1. The number of nitrogens with zero attached hydrogens (tertiary/aromatic N) is 2. The van der Waals surface area contributed by atoms with Crippen molar-refractivity contribution in [2.45, 2.75) is 31.2 Å². The summed E-state index contributed by atoms with van der Waals surface area (Å²) in [5, 5.41) is 13.1. The Morgan fingerprint density at radius 1 is 1.26 bits per heavy atom. The lowest BCUT2D eigenvalue weighted by atomic mass is 9.89. The molecular formula is C27H26ClF2N3O5. The number of rotatable bonds is 6. The predicted octanol–water partition coefficient (Wildman–Crippen LogP) is 2.85. The van der Waals surface area contributed by atoms with E-state index in [1.165, 1.54) is 12.3 Å². The molecule has 0 radical (unpaired) electrons. The van der Waals surface area contributed by atoms with Crippen molar-refractivity contribution in [3.8, 4) is 0 Å². The minimum Gasteiger partial charge on any atom is -0.488 e. The number of ether oxygens (including phenoxy) is 2. The molecule has 11 heteroatoms. The van der Waals surface area contributed by atoms with Crippen LogP contribution >= 0.6 is 11.6 Å². The lowest BCUT2D eigenvalue weighted by Crippen LogP contribution is -2.63. The first-order chi connectivity index (χ1) is 18.2. The molecule has 0 bridgehead atoms. The van der Waals surface area contributed by atoms with Crippen LogP contribution in [0, 0.1) is 11.6 Å². The number of piperazine rings is 1. The van der Waals surface area contributed by atoms with E-state index < -0.39 is 34.2 Å². The van der Waals surface area contributed by atoms with E-state index in [1.807, 2.05) is 30.3 Å². The molecule has 0 aliphatic carbocycles. The highest BCUT2D eigenvalue weighted by atomic mass is 35.5. The van der Waals surface area contributed by atoms with Gasteiger partial charge in [-0.1, -0.05) is 48.0 Å². The molecule has 2 aromatic rings. The Bertz CT molecular complexity index is 1330. The van der Waals surface area contributed by atoms with E-state index >= 15 is 0 Å². The molecule has 3 aliphatic rings. The standard InChI is InChI=1S/C27H26ClF2N3O5/c1-32-26(36)22-24(38-13-16-5-3-2-4-6-16)23(34)18(12-33(22)14-27(32)9-10-37-15-27)25(35)31-11-17-7-8-19(29)20(28)21(17)30/h2-8,12,23,34H,9-11,13-15H2,1H3,(H,31,35). The van der Waals surface area contributed by atoms with E-state index in [9.17, 15) is 23.5 Å². The van der Waals surface area contributed by atoms with Crippen molar-refractivity contribution in [1.82, 2.24) is 15.1 Å². The van der Waals surface area contributed by atoms with Crippen LogP contribution in [0.2, 0.25) is 5.02 Å². The number of carbonyl (C=O) groups excluding carboxylic acids is 2. The van der Waals surface area contributed by atoms with E-state index in [2.05, 4.69) is 5.32 Å². The van der Waals surface area contributed by atoms with Crippen LogP contribution < -0.4 is 5.32 Å². The maximum atomic E-state index is 14.3. The number of hydrogen-bond acceptors (Lipinski definition) is 6. The van der Waals surface area contributed by atoms with Crippen molar-refractivity contribution in [3.63, 3.8) is 0 Å². The van der Waals surface area contributed by atoms with Gasteiger partial charge in [0.2, 0.25) is 0 Å². The Hall–Kier alpha value is -3.47. The first-order valence-corrected chi connectivity index (χ1v) is 12.4. The highest BCUT2D eigenvalue weighted by Crippen LogP contribution is 2.39. The van der Waals surface area contributed by atoms with Gasteiger partial charge in [-0.3, -0.25) is 9.59 Å². The minimum absolute atomic E-state index is 0.0238. The smallest absolute Gasteiger partial charge is 0.274 e. The fourth-order valence-electron chi connectivity index (χ4n) is 4.90. The summed E-state index contributed by atoms with van der Waals surface area (Å²) in [7, 11) is 1.69. The molecule has 2 N–H and O–H groups in total. The Balaban J connectivity index is 1.44.